The van der Waals surface area contributed by atoms with E-state index in [-0.39, 0.29) is 24.8 Å². The molecule has 0 aromatic heterocycles. The molecular weight excluding hydrogens is 207 g/mol. The van der Waals surface area contributed by atoms with Gasteiger partial charge in [0.15, 0.2) is 0 Å². The number of rotatable bonds is 1. The predicted molar refractivity (Wildman–Crippen MR) is 61.2 cm³/mol. The molecule has 2 rings (SSSR count). The Hall–Kier alpha value is 0.500. The Morgan fingerprint density at radius 2 is 1.77 bits per heavy atom. The first-order valence-corrected chi connectivity index (χ1v) is 4.76. The fourth-order valence-corrected chi connectivity index (χ4v) is 1.96. The number of nitrogens with zero attached hydrogens (tertiary/aromatic N) is 1. The van der Waals surface area contributed by atoms with E-state index in [0.29, 0.717) is 6.04 Å². The standard InChI is InChI=1S/C9H18N2.2ClH/c1-7-6-11(9-3-4-9)8(2)5-10-7;;/h7-10H,3-6H2,1-2H3;2*1H/t7-,8+;;/m0../s1. The fraction of sp³-hybridized carbons (Fsp3) is 1.00. The summed E-state index contributed by atoms with van der Waals surface area (Å²) in [5.41, 5.74) is 0. The number of hydrogen-bond acceptors (Lipinski definition) is 2. The molecule has 0 spiro atoms. The SMILES string of the molecule is C[C@@H]1CN[C@@H](C)CN1C1CC1.Cl.Cl. The molecular formula is C9H20Cl2N2. The van der Waals surface area contributed by atoms with Crippen LogP contribution in [0.3, 0.4) is 0 Å². The molecule has 0 unspecified atom stereocenters. The van der Waals surface area contributed by atoms with Crippen molar-refractivity contribution in [3.05, 3.63) is 0 Å². The maximum absolute atomic E-state index is 3.50. The molecule has 1 saturated heterocycles. The molecule has 1 N–H and O–H groups in total. The second-order valence-electron chi connectivity index (χ2n) is 4.09. The van der Waals surface area contributed by atoms with E-state index < -0.39 is 0 Å². The minimum absolute atomic E-state index is 0. The van der Waals surface area contributed by atoms with Crippen molar-refractivity contribution in [2.24, 2.45) is 0 Å². The molecule has 0 bridgehead atoms. The molecule has 1 saturated carbocycles. The lowest BCUT2D eigenvalue weighted by molar-refractivity contribution is 0.138. The van der Waals surface area contributed by atoms with E-state index in [1.165, 1.54) is 25.9 Å². The lowest BCUT2D eigenvalue weighted by atomic mass is 10.1. The van der Waals surface area contributed by atoms with Crippen LogP contribution in [0.25, 0.3) is 0 Å². The van der Waals surface area contributed by atoms with Gasteiger partial charge in [0.25, 0.3) is 0 Å². The van der Waals surface area contributed by atoms with Gasteiger partial charge in [0.2, 0.25) is 0 Å². The highest BCUT2D eigenvalue weighted by molar-refractivity contribution is 5.85. The van der Waals surface area contributed by atoms with Crippen LogP contribution >= 0.6 is 24.8 Å². The van der Waals surface area contributed by atoms with Crippen LogP contribution in [0.5, 0.6) is 0 Å². The van der Waals surface area contributed by atoms with Crippen LogP contribution in [0, 0.1) is 0 Å². The summed E-state index contributed by atoms with van der Waals surface area (Å²) in [5, 5.41) is 3.50. The van der Waals surface area contributed by atoms with Crippen molar-refractivity contribution in [3.8, 4) is 0 Å². The van der Waals surface area contributed by atoms with Gasteiger partial charge in [0.05, 0.1) is 0 Å². The van der Waals surface area contributed by atoms with E-state index in [1.807, 2.05) is 0 Å². The van der Waals surface area contributed by atoms with Gasteiger partial charge in [-0.2, -0.15) is 0 Å². The number of piperazine rings is 1. The van der Waals surface area contributed by atoms with Crippen molar-refractivity contribution in [2.75, 3.05) is 13.1 Å². The van der Waals surface area contributed by atoms with Crippen LogP contribution in [-0.4, -0.2) is 36.1 Å². The molecule has 0 radical (unpaired) electrons. The van der Waals surface area contributed by atoms with Gasteiger partial charge in [-0.15, -0.1) is 24.8 Å². The summed E-state index contributed by atoms with van der Waals surface area (Å²) in [5.74, 6) is 0. The zero-order valence-electron chi connectivity index (χ0n) is 8.32. The summed E-state index contributed by atoms with van der Waals surface area (Å²) in [4.78, 5) is 2.67. The van der Waals surface area contributed by atoms with Crippen molar-refractivity contribution in [3.63, 3.8) is 0 Å². The molecule has 2 nitrogen and oxygen atoms in total. The molecule has 0 amide bonds. The zero-order valence-corrected chi connectivity index (χ0v) is 9.96. The first-order valence-electron chi connectivity index (χ1n) is 4.76. The van der Waals surface area contributed by atoms with Crippen LogP contribution in [0.1, 0.15) is 26.7 Å². The van der Waals surface area contributed by atoms with Crippen molar-refractivity contribution in [2.45, 2.75) is 44.8 Å². The van der Waals surface area contributed by atoms with Gasteiger partial charge in [-0.1, -0.05) is 0 Å². The lowest BCUT2D eigenvalue weighted by Crippen LogP contribution is -2.54. The summed E-state index contributed by atoms with van der Waals surface area (Å²) >= 11 is 0. The molecule has 13 heavy (non-hydrogen) atoms. The second-order valence-corrected chi connectivity index (χ2v) is 4.09. The van der Waals surface area contributed by atoms with Gasteiger partial charge in [-0.25, -0.2) is 0 Å². The number of halogens is 2. The molecule has 2 fully saturated rings. The van der Waals surface area contributed by atoms with Gasteiger partial charge in [0, 0.05) is 31.2 Å². The van der Waals surface area contributed by atoms with Crippen molar-refractivity contribution < 1.29 is 0 Å². The highest BCUT2D eigenvalue weighted by Gasteiger charge is 2.34. The molecule has 2 aliphatic rings. The highest BCUT2D eigenvalue weighted by Crippen LogP contribution is 2.29. The zero-order chi connectivity index (χ0) is 7.84. The lowest BCUT2D eigenvalue weighted by Gasteiger charge is -2.37. The number of nitrogens with one attached hydrogen (secondary N) is 1. The molecule has 0 aromatic rings. The predicted octanol–water partition coefficient (Wildman–Crippen LogP) is 1.67. The fourth-order valence-electron chi connectivity index (χ4n) is 1.96. The van der Waals surface area contributed by atoms with Crippen molar-refractivity contribution in [1.82, 2.24) is 10.2 Å². The molecule has 1 aliphatic heterocycles. The first-order chi connectivity index (χ1) is 5.27. The molecule has 0 aromatic carbocycles. The molecule has 4 heteroatoms. The van der Waals surface area contributed by atoms with Crippen LogP contribution in [0.2, 0.25) is 0 Å². The van der Waals surface area contributed by atoms with Gasteiger partial charge in [0.1, 0.15) is 0 Å². The summed E-state index contributed by atoms with van der Waals surface area (Å²) in [7, 11) is 0. The Morgan fingerprint density at radius 3 is 2.31 bits per heavy atom. The molecule has 80 valence electrons. The molecule has 2 atom stereocenters. The van der Waals surface area contributed by atoms with Crippen molar-refractivity contribution >= 4 is 24.8 Å². The Kier molecular flexibility index (Phi) is 5.61. The Morgan fingerprint density at radius 1 is 1.15 bits per heavy atom. The first kappa shape index (κ1) is 13.5. The smallest absolute Gasteiger partial charge is 0.0196 e. The van der Waals surface area contributed by atoms with Gasteiger partial charge in [-0.3, -0.25) is 4.90 Å². The minimum Gasteiger partial charge on any atom is -0.311 e. The third-order valence-corrected chi connectivity index (χ3v) is 2.83. The Bertz CT molecular complexity index is 151. The van der Waals surface area contributed by atoms with E-state index in [2.05, 4.69) is 24.1 Å². The van der Waals surface area contributed by atoms with E-state index in [0.717, 1.165) is 12.1 Å². The summed E-state index contributed by atoms with van der Waals surface area (Å²) < 4.78 is 0. The minimum atomic E-state index is 0. The maximum Gasteiger partial charge on any atom is 0.0196 e. The highest BCUT2D eigenvalue weighted by atomic mass is 35.5. The summed E-state index contributed by atoms with van der Waals surface area (Å²) in [6, 6.07) is 2.40. The third-order valence-electron chi connectivity index (χ3n) is 2.83. The van der Waals surface area contributed by atoms with Crippen LogP contribution in [0.4, 0.5) is 0 Å². The van der Waals surface area contributed by atoms with Crippen LogP contribution < -0.4 is 5.32 Å². The quantitative estimate of drug-likeness (QED) is 0.733. The molecule has 1 heterocycles. The van der Waals surface area contributed by atoms with E-state index in [1.54, 1.807) is 0 Å². The van der Waals surface area contributed by atoms with Crippen molar-refractivity contribution in [1.29, 1.82) is 0 Å². The Balaban J connectivity index is 0.000000720. The Labute approximate surface area is 93.3 Å². The average Bonchev–Trinajstić information content (AvgIpc) is 2.76. The second kappa shape index (κ2) is 5.40. The van der Waals surface area contributed by atoms with E-state index >= 15 is 0 Å². The third kappa shape index (κ3) is 3.28. The monoisotopic (exact) mass is 226 g/mol. The summed E-state index contributed by atoms with van der Waals surface area (Å²) in [6.45, 7) is 7.04. The van der Waals surface area contributed by atoms with E-state index in [9.17, 15) is 0 Å². The summed E-state index contributed by atoms with van der Waals surface area (Å²) in [6.07, 6.45) is 2.88. The normalized spacial score (nSPS) is 34.6. The van der Waals surface area contributed by atoms with Crippen LogP contribution in [-0.2, 0) is 0 Å². The molecule has 1 aliphatic carbocycles. The largest absolute Gasteiger partial charge is 0.311 e. The average molecular weight is 227 g/mol. The number of hydrogen-bond donors (Lipinski definition) is 1. The topological polar surface area (TPSA) is 15.3 Å². The van der Waals surface area contributed by atoms with Crippen LogP contribution in [0.15, 0.2) is 0 Å². The van der Waals surface area contributed by atoms with E-state index in [4.69, 9.17) is 0 Å². The van der Waals surface area contributed by atoms with Gasteiger partial charge in [-0.05, 0) is 26.7 Å². The van der Waals surface area contributed by atoms with Gasteiger partial charge < -0.3 is 5.32 Å². The van der Waals surface area contributed by atoms with Gasteiger partial charge >= 0.3 is 0 Å². The maximum atomic E-state index is 3.50.